The van der Waals surface area contributed by atoms with Gasteiger partial charge < -0.3 is 10.3 Å². The van der Waals surface area contributed by atoms with Crippen LogP contribution in [0.1, 0.15) is 10.4 Å². The Labute approximate surface area is 107 Å². The number of halogens is 1. The van der Waals surface area contributed by atoms with Crippen LogP contribution >= 0.6 is 0 Å². The maximum absolute atomic E-state index is 12.7. The molecule has 2 aromatic carbocycles. The van der Waals surface area contributed by atoms with E-state index in [1.165, 1.54) is 36.4 Å². The molecule has 2 N–H and O–H groups in total. The van der Waals surface area contributed by atoms with Crippen LogP contribution < -0.4 is 5.73 Å². The van der Waals surface area contributed by atoms with Crippen LogP contribution in [-0.2, 0) is 11.2 Å². The van der Waals surface area contributed by atoms with Gasteiger partial charge in [-0.3, -0.25) is 4.79 Å². The molecule has 0 aromatic heterocycles. The number of rotatable bonds is 3. The van der Waals surface area contributed by atoms with Crippen molar-refractivity contribution >= 4 is 17.1 Å². The Bertz CT molecular complexity index is 554. The largest absolute Gasteiger partial charge is 0.606 e. The van der Waals surface area contributed by atoms with Gasteiger partial charge in [-0.2, -0.15) is 0 Å². The predicted molar refractivity (Wildman–Crippen MR) is 66.0 cm³/mol. The standard InChI is InChI=1S/C13H10FNO2S/c14-10-3-7-12(8-4-10)18(17)11-5-1-9(2-6-11)13(15)16/h1-8H,(H2,15,16). The number of hydrogen-bond acceptors (Lipinski definition) is 2. The van der Waals surface area contributed by atoms with E-state index in [0.29, 0.717) is 15.4 Å². The molecule has 0 aliphatic rings. The summed E-state index contributed by atoms with van der Waals surface area (Å²) in [6, 6.07) is 11.6. The van der Waals surface area contributed by atoms with Gasteiger partial charge in [-0.15, -0.1) is 0 Å². The summed E-state index contributed by atoms with van der Waals surface area (Å²) in [5.41, 5.74) is 5.47. The molecule has 0 saturated carbocycles. The highest BCUT2D eigenvalue weighted by Crippen LogP contribution is 2.21. The number of carbonyl (C=O) groups excluding carboxylic acids is 1. The number of hydrogen-bond donors (Lipinski definition) is 1. The Morgan fingerprint density at radius 1 is 1.00 bits per heavy atom. The third-order valence-electron chi connectivity index (χ3n) is 2.38. The van der Waals surface area contributed by atoms with Crippen molar-refractivity contribution in [2.24, 2.45) is 5.73 Å². The second kappa shape index (κ2) is 5.20. The summed E-state index contributed by atoms with van der Waals surface area (Å²) in [6.45, 7) is 0. The molecule has 0 bridgehead atoms. The highest BCUT2D eigenvalue weighted by molar-refractivity contribution is 7.91. The van der Waals surface area contributed by atoms with Gasteiger partial charge in [0.1, 0.15) is 5.82 Å². The van der Waals surface area contributed by atoms with Gasteiger partial charge in [0, 0.05) is 16.7 Å². The van der Waals surface area contributed by atoms with Crippen molar-refractivity contribution in [1.29, 1.82) is 0 Å². The monoisotopic (exact) mass is 263 g/mol. The first-order valence-electron chi connectivity index (χ1n) is 5.15. The zero-order valence-electron chi connectivity index (χ0n) is 9.30. The van der Waals surface area contributed by atoms with Gasteiger partial charge in [-0.1, -0.05) is 0 Å². The first-order valence-corrected chi connectivity index (χ1v) is 6.30. The average Bonchev–Trinajstić information content (AvgIpc) is 2.39. The molecule has 1 amide bonds. The van der Waals surface area contributed by atoms with Crippen molar-refractivity contribution in [1.82, 2.24) is 0 Å². The summed E-state index contributed by atoms with van der Waals surface area (Å²) in [5, 5.41) is 0. The second-order valence-electron chi connectivity index (χ2n) is 3.61. The first-order chi connectivity index (χ1) is 8.58. The topological polar surface area (TPSA) is 66.2 Å². The van der Waals surface area contributed by atoms with Crippen molar-refractivity contribution in [3.63, 3.8) is 0 Å². The summed E-state index contributed by atoms with van der Waals surface area (Å²) in [7, 11) is 0. The van der Waals surface area contributed by atoms with Gasteiger partial charge in [-0.05, 0) is 48.5 Å². The van der Waals surface area contributed by atoms with Gasteiger partial charge in [0.2, 0.25) is 5.91 Å². The van der Waals surface area contributed by atoms with Crippen LogP contribution in [0, 0.1) is 5.82 Å². The fourth-order valence-corrected chi connectivity index (χ4v) is 2.48. The van der Waals surface area contributed by atoms with Crippen molar-refractivity contribution in [2.45, 2.75) is 9.79 Å². The molecular weight excluding hydrogens is 253 g/mol. The van der Waals surface area contributed by atoms with Crippen molar-refractivity contribution < 1.29 is 13.7 Å². The lowest BCUT2D eigenvalue weighted by Crippen LogP contribution is -2.11. The van der Waals surface area contributed by atoms with E-state index >= 15 is 0 Å². The predicted octanol–water partition coefficient (Wildman–Crippen LogP) is 2.09. The molecule has 18 heavy (non-hydrogen) atoms. The minimum absolute atomic E-state index is 0.356. The molecular formula is C13H10FNO2S. The fourth-order valence-electron chi connectivity index (χ4n) is 1.44. The Kier molecular flexibility index (Phi) is 3.64. The van der Waals surface area contributed by atoms with Crippen molar-refractivity contribution in [3.8, 4) is 0 Å². The molecule has 1 atom stereocenters. The van der Waals surface area contributed by atoms with Gasteiger partial charge in [0.15, 0.2) is 9.79 Å². The summed E-state index contributed by atoms with van der Waals surface area (Å²) < 4.78 is 24.9. The van der Waals surface area contributed by atoms with E-state index in [4.69, 9.17) is 5.73 Å². The smallest absolute Gasteiger partial charge is 0.248 e. The van der Waals surface area contributed by atoms with Gasteiger partial charge in [0.05, 0.1) is 0 Å². The summed E-state index contributed by atoms with van der Waals surface area (Å²) >= 11 is -1.40. The van der Waals surface area contributed by atoms with Crippen LogP contribution in [0.4, 0.5) is 4.39 Å². The van der Waals surface area contributed by atoms with E-state index in [2.05, 4.69) is 0 Å². The molecule has 0 radical (unpaired) electrons. The van der Waals surface area contributed by atoms with Crippen LogP contribution in [0.5, 0.6) is 0 Å². The molecule has 0 spiro atoms. The molecule has 2 aromatic rings. The number of primary amides is 1. The quantitative estimate of drug-likeness (QED) is 0.862. The summed E-state index contributed by atoms with van der Waals surface area (Å²) in [4.78, 5) is 11.9. The van der Waals surface area contributed by atoms with Crippen LogP contribution in [-0.4, -0.2) is 10.5 Å². The lowest BCUT2D eigenvalue weighted by molar-refractivity contribution is 0.1000. The zero-order chi connectivity index (χ0) is 13.1. The van der Waals surface area contributed by atoms with Crippen LogP contribution in [0.25, 0.3) is 0 Å². The van der Waals surface area contributed by atoms with Crippen molar-refractivity contribution in [3.05, 3.63) is 59.9 Å². The number of carbonyl (C=O) groups is 1. The normalized spacial score (nSPS) is 12.1. The number of benzene rings is 2. The lowest BCUT2D eigenvalue weighted by Gasteiger charge is -2.09. The molecule has 3 nitrogen and oxygen atoms in total. The molecule has 92 valence electrons. The van der Waals surface area contributed by atoms with Gasteiger partial charge in [0.25, 0.3) is 0 Å². The zero-order valence-corrected chi connectivity index (χ0v) is 10.1. The van der Waals surface area contributed by atoms with Crippen molar-refractivity contribution in [2.75, 3.05) is 0 Å². The van der Waals surface area contributed by atoms with E-state index < -0.39 is 17.1 Å². The third-order valence-corrected chi connectivity index (χ3v) is 3.78. The lowest BCUT2D eigenvalue weighted by atomic mass is 10.2. The molecule has 1 unspecified atom stereocenters. The highest BCUT2D eigenvalue weighted by Gasteiger charge is 2.15. The molecule has 5 heteroatoms. The third kappa shape index (κ3) is 2.69. The van der Waals surface area contributed by atoms with E-state index in [1.807, 2.05) is 0 Å². The van der Waals surface area contributed by atoms with Crippen LogP contribution in [0.2, 0.25) is 0 Å². The maximum Gasteiger partial charge on any atom is 0.248 e. The Hall–Kier alpha value is -1.85. The van der Waals surface area contributed by atoms with E-state index in [-0.39, 0.29) is 5.82 Å². The fraction of sp³-hybridized carbons (Fsp3) is 0. The van der Waals surface area contributed by atoms with Gasteiger partial charge in [-0.25, -0.2) is 4.39 Å². The second-order valence-corrected chi connectivity index (χ2v) is 5.09. The molecule has 0 aliphatic heterocycles. The molecule has 0 aliphatic carbocycles. The maximum atomic E-state index is 12.7. The minimum Gasteiger partial charge on any atom is -0.606 e. The number of amides is 1. The van der Waals surface area contributed by atoms with E-state index in [0.717, 1.165) is 0 Å². The van der Waals surface area contributed by atoms with E-state index in [9.17, 15) is 13.7 Å². The molecule has 0 saturated heterocycles. The Morgan fingerprint density at radius 3 is 1.89 bits per heavy atom. The number of nitrogens with two attached hydrogens (primary N) is 1. The summed E-state index contributed by atoms with van der Waals surface area (Å²) in [6.07, 6.45) is 0. The Balaban J connectivity index is 2.25. The minimum atomic E-state index is -1.40. The molecule has 2 rings (SSSR count). The van der Waals surface area contributed by atoms with Crippen LogP contribution in [0.3, 0.4) is 0 Å². The highest BCUT2D eigenvalue weighted by atomic mass is 32.2. The Morgan fingerprint density at radius 2 is 1.44 bits per heavy atom. The molecule has 0 heterocycles. The van der Waals surface area contributed by atoms with Crippen LogP contribution in [0.15, 0.2) is 58.3 Å². The molecule has 0 fully saturated rings. The average molecular weight is 263 g/mol. The first kappa shape index (κ1) is 12.6. The summed E-state index contributed by atoms with van der Waals surface area (Å²) in [5.74, 6) is -0.908. The SMILES string of the molecule is NC(=O)c1ccc([S+]([O-])c2ccc(F)cc2)cc1. The van der Waals surface area contributed by atoms with E-state index in [1.54, 1.807) is 12.1 Å². The van der Waals surface area contributed by atoms with Gasteiger partial charge >= 0.3 is 0 Å².